The van der Waals surface area contributed by atoms with Gasteiger partial charge < -0.3 is 45.1 Å². The predicted molar refractivity (Wildman–Crippen MR) is 117 cm³/mol. The summed E-state index contributed by atoms with van der Waals surface area (Å²) in [4.78, 5) is 52.3. The molecule has 189 valence electrons. The summed E-state index contributed by atoms with van der Waals surface area (Å²) < 4.78 is 0. The molecule has 1 aliphatic rings. The maximum Gasteiger partial charge on any atom is 3.00 e. The SMILES string of the molecule is CC(=O)[C-]1CCNC(C(C)=O)CCNC(C(C)=O)CCN(C)C(C(C)=O)CCN1C.[Cl-].[Cl-].[Ti+3]. The van der Waals surface area contributed by atoms with Gasteiger partial charge in [-0.2, -0.15) is 0 Å². The van der Waals surface area contributed by atoms with E-state index in [0.29, 0.717) is 57.9 Å². The molecule has 2 N–H and O–H groups in total. The quantitative estimate of drug-likeness (QED) is 0.269. The Bertz CT molecular complexity index is 627. The maximum absolute atomic E-state index is 12.2. The number of rotatable bonds is 4. The minimum absolute atomic E-state index is 0. The molecule has 8 nitrogen and oxygen atoms in total. The van der Waals surface area contributed by atoms with Gasteiger partial charge in [0.05, 0.1) is 18.1 Å². The number of likely N-dealkylation sites (N-methyl/N-ethyl adjacent to an activating group) is 2. The Morgan fingerprint density at radius 3 is 1.76 bits per heavy atom. The summed E-state index contributed by atoms with van der Waals surface area (Å²) in [6.07, 6.45) is 2.27. The third kappa shape index (κ3) is 13.4. The van der Waals surface area contributed by atoms with E-state index < -0.39 is 0 Å². The van der Waals surface area contributed by atoms with Crippen LogP contribution in [-0.2, 0) is 40.9 Å². The Hall–Kier alpha value is -0.316. The van der Waals surface area contributed by atoms with Gasteiger partial charge in [0.15, 0.2) is 0 Å². The van der Waals surface area contributed by atoms with Gasteiger partial charge in [0.2, 0.25) is 0 Å². The Balaban J connectivity index is -0.00000300. The molecule has 0 bridgehead atoms. The fourth-order valence-electron chi connectivity index (χ4n) is 3.97. The van der Waals surface area contributed by atoms with Gasteiger partial charge in [0.1, 0.15) is 17.3 Å². The molecule has 1 aliphatic heterocycles. The zero-order valence-corrected chi connectivity index (χ0v) is 23.7. The molecule has 0 saturated carbocycles. The number of halogens is 2. The van der Waals surface area contributed by atoms with Crippen LogP contribution in [0, 0.1) is 6.04 Å². The summed E-state index contributed by atoms with van der Waals surface area (Å²) >= 11 is 0. The second-order valence-electron chi connectivity index (χ2n) is 8.38. The van der Waals surface area contributed by atoms with Crippen molar-refractivity contribution in [1.29, 1.82) is 0 Å². The Labute approximate surface area is 226 Å². The molecule has 33 heavy (non-hydrogen) atoms. The van der Waals surface area contributed by atoms with Crippen LogP contribution in [0.3, 0.4) is 0 Å². The smallest absolute Gasteiger partial charge is 1.00 e. The van der Waals surface area contributed by atoms with E-state index in [2.05, 4.69) is 10.6 Å². The van der Waals surface area contributed by atoms with E-state index in [0.717, 1.165) is 0 Å². The summed E-state index contributed by atoms with van der Waals surface area (Å²) in [5.74, 6) is 0.170. The van der Waals surface area contributed by atoms with Gasteiger partial charge in [-0.1, -0.05) is 0 Å². The van der Waals surface area contributed by atoms with Crippen LogP contribution in [0.2, 0.25) is 0 Å². The number of nitrogens with zero attached hydrogens (tertiary/aromatic N) is 2. The first kappa shape index (κ1) is 37.2. The van der Waals surface area contributed by atoms with Crippen LogP contribution in [0.5, 0.6) is 0 Å². The third-order valence-corrected chi connectivity index (χ3v) is 5.93. The summed E-state index contributed by atoms with van der Waals surface area (Å²) in [7, 11) is 3.77. The first-order chi connectivity index (χ1) is 14.0. The minimum atomic E-state index is -0.318. The molecule has 0 aliphatic carbocycles. The van der Waals surface area contributed by atoms with E-state index in [1.54, 1.807) is 27.7 Å². The second-order valence-corrected chi connectivity index (χ2v) is 8.38. The van der Waals surface area contributed by atoms with Crippen LogP contribution < -0.4 is 35.4 Å². The molecular formula is C22H39Cl2N4O4Ti. The van der Waals surface area contributed by atoms with Crippen molar-refractivity contribution in [2.24, 2.45) is 0 Å². The van der Waals surface area contributed by atoms with Crippen molar-refractivity contribution in [3.05, 3.63) is 6.04 Å². The van der Waals surface area contributed by atoms with Gasteiger partial charge in [-0.15, -0.1) is 6.42 Å². The summed E-state index contributed by atoms with van der Waals surface area (Å²) in [5, 5.41) is 6.51. The first-order valence-electron chi connectivity index (χ1n) is 10.8. The van der Waals surface area contributed by atoms with Crippen LogP contribution in [0.25, 0.3) is 0 Å². The monoisotopic (exact) mass is 541 g/mol. The maximum atomic E-state index is 12.2. The Morgan fingerprint density at radius 2 is 1.27 bits per heavy atom. The Morgan fingerprint density at radius 1 is 0.758 bits per heavy atom. The van der Waals surface area contributed by atoms with Crippen molar-refractivity contribution in [1.82, 2.24) is 20.4 Å². The molecule has 0 spiro atoms. The van der Waals surface area contributed by atoms with Gasteiger partial charge in [0, 0.05) is 12.3 Å². The predicted octanol–water partition coefficient (Wildman–Crippen LogP) is -5.40. The van der Waals surface area contributed by atoms with Crippen LogP contribution >= 0.6 is 0 Å². The summed E-state index contributed by atoms with van der Waals surface area (Å²) in [6.45, 7) is 8.47. The number of nitrogens with one attached hydrogen (secondary N) is 2. The molecule has 0 aromatic rings. The molecule has 11 heteroatoms. The van der Waals surface area contributed by atoms with Gasteiger partial charge in [0.25, 0.3) is 0 Å². The third-order valence-electron chi connectivity index (χ3n) is 5.93. The summed E-state index contributed by atoms with van der Waals surface area (Å²) in [6, 6.07) is -0.194. The molecule has 3 unspecified atom stereocenters. The van der Waals surface area contributed by atoms with Crippen molar-refractivity contribution in [3.8, 4) is 0 Å². The van der Waals surface area contributed by atoms with Crippen LogP contribution in [0.15, 0.2) is 0 Å². The fourth-order valence-corrected chi connectivity index (χ4v) is 3.97. The number of carbonyl (C=O) groups is 4. The van der Waals surface area contributed by atoms with Gasteiger partial charge in [-0.05, 0) is 80.7 Å². The van der Waals surface area contributed by atoms with Crippen molar-refractivity contribution in [2.75, 3.05) is 40.3 Å². The van der Waals surface area contributed by atoms with E-state index in [1.165, 1.54) is 0 Å². The van der Waals surface area contributed by atoms with E-state index in [9.17, 15) is 19.2 Å². The largest absolute Gasteiger partial charge is 3.00 e. The van der Waals surface area contributed by atoms with Crippen molar-refractivity contribution < 1.29 is 65.7 Å². The van der Waals surface area contributed by atoms with Gasteiger partial charge in [-0.3, -0.25) is 19.3 Å². The molecule has 1 heterocycles. The average molecular weight is 542 g/mol. The normalized spacial score (nSPS) is 24.4. The molecule has 1 rings (SSSR count). The minimum Gasteiger partial charge on any atom is -1.00 e. The first-order valence-corrected chi connectivity index (χ1v) is 10.8. The molecule has 0 amide bonds. The zero-order valence-electron chi connectivity index (χ0n) is 20.7. The second kappa shape index (κ2) is 18.9. The van der Waals surface area contributed by atoms with Crippen molar-refractivity contribution in [2.45, 2.75) is 71.5 Å². The van der Waals surface area contributed by atoms with Gasteiger partial charge in [-0.25, -0.2) is 6.04 Å². The number of Topliss-reactive ketones (excluding diaryl/α,β-unsaturated/α-hetero) is 4. The molecule has 1 fully saturated rings. The molecular weight excluding hydrogens is 503 g/mol. The van der Waals surface area contributed by atoms with Crippen molar-refractivity contribution in [3.63, 3.8) is 0 Å². The van der Waals surface area contributed by atoms with Gasteiger partial charge >= 0.3 is 21.7 Å². The average Bonchev–Trinajstić information content (AvgIpc) is 2.63. The number of hydrogen-bond donors (Lipinski definition) is 2. The Kier molecular flexibility index (Phi) is 21.4. The van der Waals surface area contributed by atoms with Crippen LogP contribution in [0.1, 0.15) is 53.4 Å². The molecule has 0 aromatic heterocycles. The standard InChI is InChI=1S/C22H39N4O4.2ClH.Ti/c1-15(27)19-7-11-23-20(16(2)28)9-13-25(5)22(18(4)30)10-14-26(6)21(17(3)29)8-12-24-19;;;/h19-20,22-24H,7-14H2,1-6H3;2*1H;/q-1;;;+3/p-2. The molecule has 1 saturated heterocycles. The molecule has 1 radical (unpaired) electrons. The van der Waals surface area contributed by atoms with E-state index in [4.69, 9.17) is 0 Å². The topological polar surface area (TPSA) is 98.8 Å². The number of ketones is 4. The van der Waals surface area contributed by atoms with Crippen LogP contribution in [0.4, 0.5) is 0 Å². The molecule has 3 atom stereocenters. The van der Waals surface area contributed by atoms with E-state index in [-0.39, 0.29) is 87.8 Å². The number of carbonyl (C=O) groups excluding carboxylic acids is 4. The fraction of sp³-hybridized carbons (Fsp3) is 0.773. The molecule has 0 aromatic carbocycles. The van der Waals surface area contributed by atoms with Crippen LogP contribution in [-0.4, -0.2) is 91.3 Å². The van der Waals surface area contributed by atoms with Crippen molar-refractivity contribution >= 4 is 23.1 Å². The number of hydrogen-bond acceptors (Lipinski definition) is 8. The van der Waals surface area contributed by atoms with E-state index >= 15 is 0 Å². The zero-order chi connectivity index (χ0) is 22.8. The van der Waals surface area contributed by atoms with E-state index in [1.807, 2.05) is 23.9 Å². The summed E-state index contributed by atoms with van der Waals surface area (Å²) in [5.41, 5.74) is 0.